The lowest BCUT2D eigenvalue weighted by Gasteiger charge is -2.10. The molecule has 0 fully saturated rings. The number of primary amides is 2. The van der Waals surface area contributed by atoms with Crippen LogP contribution in [0.1, 0.15) is 10.5 Å². The quantitative estimate of drug-likeness (QED) is 0.687. The fraction of sp³-hybridized carbons (Fsp3) is 0.0769. The Labute approximate surface area is 134 Å². The van der Waals surface area contributed by atoms with Gasteiger partial charge in [-0.05, 0) is 12.1 Å². The smallest absolute Gasteiger partial charge is 0.271 e. The summed E-state index contributed by atoms with van der Waals surface area (Å²) in [4.78, 5) is 38.2. The zero-order valence-electron chi connectivity index (χ0n) is 11.1. The number of aromatic nitrogens is 1. The predicted molar refractivity (Wildman–Crippen MR) is 82.2 cm³/mol. The number of halogens is 1. The summed E-state index contributed by atoms with van der Waals surface area (Å²) in [5.74, 6) is -2.78. The molecule has 2 rings (SSSR count). The van der Waals surface area contributed by atoms with Crippen LogP contribution in [0.4, 0.5) is 0 Å². The lowest BCUT2D eigenvalue weighted by molar-refractivity contribution is -0.128. The van der Waals surface area contributed by atoms with Gasteiger partial charge in [-0.15, -0.1) is 11.3 Å². The summed E-state index contributed by atoms with van der Waals surface area (Å²) in [7, 11) is 0. The second kappa shape index (κ2) is 6.54. The van der Waals surface area contributed by atoms with E-state index in [1.54, 1.807) is 24.3 Å². The lowest BCUT2D eigenvalue weighted by atomic mass is 10.2. The normalized spacial score (nSPS) is 10.5. The van der Waals surface area contributed by atoms with Crippen LogP contribution >= 0.6 is 22.9 Å². The molecular weight excluding hydrogens is 328 g/mol. The first-order chi connectivity index (χ1) is 10.4. The van der Waals surface area contributed by atoms with Gasteiger partial charge in [-0.1, -0.05) is 23.7 Å². The van der Waals surface area contributed by atoms with E-state index >= 15 is 0 Å². The fourth-order valence-electron chi connectivity index (χ4n) is 1.59. The van der Waals surface area contributed by atoms with Crippen molar-refractivity contribution in [2.75, 3.05) is 0 Å². The summed E-state index contributed by atoms with van der Waals surface area (Å²) >= 11 is 7.04. The molecule has 0 aliphatic heterocycles. The van der Waals surface area contributed by atoms with Crippen molar-refractivity contribution in [2.24, 2.45) is 11.5 Å². The Kier molecular flexibility index (Phi) is 4.74. The van der Waals surface area contributed by atoms with E-state index in [4.69, 9.17) is 23.1 Å². The van der Waals surface area contributed by atoms with Gasteiger partial charge in [0.05, 0.1) is 0 Å². The highest BCUT2D eigenvalue weighted by molar-refractivity contribution is 7.13. The molecule has 0 saturated carbocycles. The van der Waals surface area contributed by atoms with Gasteiger partial charge < -0.3 is 16.8 Å². The average molecular weight is 339 g/mol. The Hall–Kier alpha value is -2.45. The number of carbonyl (C=O) groups is 3. The third-order valence-electron chi connectivity index (χ3n) is 2.67. The van der Waals surface area contributed by atoms with E-state index in [1.807, 2.05) is 0 Å². The largest absolute Gasteiger partial charge is 0.367 e. The molecule has 1 aromatic carbocycles. The summed E-state index contributed by atoms with van der Waals surface area (Å²) in [5.41, 5.74) is 10.8. The third-order valence-corrected chi connectivity index (χ3v) is 3.82. The van der Waals surface area contributed by atoms with E-state index in [0.717, 1.165) is 5.56 Å². The molecule has 7 nitrogen and oxygen atoms in total. The molecule has 0 radical (unpaired) electrons. The molecule has 2 aromatic rings. The number of nitrogens with zero attached hydrogens (tertiary/aromatic N) is 1. The number of rotatable bonds is 5. The first-order valence-electron chi connectivity index (χ1n) is 5.99. The summed E-state index contributed by atoms with van der Waals surface area (Å²) in [6.07, 6.45) is 0. The predicted octanol–water partition coefficient (Wildman–Crippen LogP) is 0.533. The van der Waals surface area contributed by atoms with Crippen molar-refractivity contribution in [2.45, 2.75) is 6.04 Å². The van der Waals surface area contributed by atoms with Crippen LogP contribution in [-0.2, 0) is 9.59 Å². The number of thiazole rings is 1. The van der Waals surface area contributed by atoms with Gasteiger partial charge in [0.2, 0.25) is 11.8 Å². The molecule has 0 saturated heterocycles. The van der Waals surface area contributed by atoms with Crippen LogP contribution in [0.5, 0.6) is 0 Å². The minimum atomic E-state index is -1.58. The van der Waals surface area contributed by atoms with Gasteiger partial charge in [-0.3, -0.25) is 14.4 Å². The van der Waals surface area contributed by atoms with Crippen LogP contribution in [0.15, 0.2) is 29.6 Å². The molecule has 3 amide bonds. The fourth-order valence-corrected chi connectivity index (χ4v) is 2.52. The molecule has 5 N–H and O–H groups in total. The van der Waals surface area contributed by atoms with Crippen LogP contribution < -0.4 is 16.8 Å². The number of hydrogen-bond acceptors (Lipinski definition) is 5. The zero-order chi connectivity index (χ0) is 16.3. The minimum absolute atomic E-state index is 0.0578. The van der Waals surface area contributed by atoms with Crippen LogP contribution in [0, 0.1) is 0 Å². The van der Waals surface area contributed by atoms with Crippen LogP contribution in [-0.4, -0.2) is 28.7 Å². The monoisotopic (exact) mass is 338 g/mol. The number of benzene rings is 1. The van der Waals surface area contributed by atoms with Gasteiger partial charge in [-0.25, -0.2) is 4.98 Å². The molecule has 9 heteroatoms. The maximum absolute atomic E-state index is 12.0. The van der Waals surface area contributed by atoms with Gasteiger partial charge >= 0.3 is 0 Å². The highest BCUT2D eigenvalue weighted by Gasteiger charge is 2.25. The Morgan fingerprint density at radius 2 is 1.73 bits per heavy atom. The van der Waals surface area contributed by atoms with E-state index in [2.05, 4.69) is 10.3 Å². The van der Waals surface area contributed by atoms with Crippen molar-refractivity contribution in [3.05, 3.63) is 40.4 Å². The van der Waals surface area contributed by atoms with Crippen LogP contribution in [0.2, 0.25) is 5.02 Å². The van der Waals surface area contributed by atoms with Crippen molar-refractivity contribution in [3.63, 3.8) is 0 Å². The van der Waals surface area contributed by atoms with E-state index in [0.29, 0.717) is 10.0 Å². The first kappa shape index (κ1) is 15.9. The van der Waals surface area contributed by atoms with Gasteiger partial charge in [0, 0.05) is 16.0 Å². The van der Waals surface area contributed by atoms with E-state index in [1.165, 1.54) is 16.7 Å². The van der Waals surface area contributed by atoms with Crippen molar-refractivity contribution in [3.8, 4) is 10.6 Å². The number of hydrogen-bond donors (Lipinski definition) is 3. The zero-order valence-corrected chi connectivity index (χ0v) is 12.6. The molecule has 0 aliphatic rings. The van der Waals surface area contributed by atoms with Crippen molar-refractivity contribution < 1.29 is 14.4 Å². The molecule has 0 bridgehead atoms. The number of nitrogens with two attached hydrogens (primary N) is 2. The molecule has 0 unspecified atom stereocenters. The maximum Gasteiger partial charge on any atom is 0.271 e. The van der Waals surface area contributed by atoms with E-state index < -0.39 is 23.8 Å². The summed E-state index contributed by atoms with van der Waals surface area (Å²) in [6, 6.07) is 5.35. The molecule has 1 heterocycles. The molecule has 22 heavy (non-hydrogen) atoms. The van der Waals surface area contributed by atoms with E-state index in [9.17, 15) is 14.4 Å². The third kappa shape index (κ3) is 3.60. The SMILES string of the molecule is NC(=O)C(NC(=O)c1csc(-c2ccc(Cl)cc2)n1)C(N)=O. The highest BCUT2D eigenvalue weighted by atomic mass is 35.5. The van der Waals surface area contributed by atoms with Crippen molar-refractivity contribution >= 4 is 40.7 Å². The Balaban J connectivity index is 2.17. The summed E-state index contributed by atoms with van der Waals surface area (Å²) in [6.45, 7) is 0. The van der Waals surface area contributed by atoms with Crippen molar-refractivity contribution in [1.82, 2.24) is 10.3 Å². The molecule has 0 spiro atoms. The molecule has 0 aliphatic carbocycles. The topological polar surface area (TPSA) is 128 Å². The number of amides is 3. The second-order valence-corrected chi connectivity index (χ2v) is 5.55. The highest BCUT2D eigenvalue weighted by Crippen LogP contribution is 2.25. The number of nitrogens with one attached hydrogen (secondary N) is 1. The number of carbonyl (C=O) groups excluding carboxylic acids is 3. The van der Waals surface area contributed by atoms with Gasteiger partial charge in [0.25, 0.3) is 5.91 Å². The molecular formula is C13H11ClN4O3S. The van der Waals surface area contributed by atoms with Gasteiger partial charge in [-0.2, -0.15) is 0 Å². The molecule has 1 aromatic heterocycles. The van der Waals surface area contributed by atoms with Gasteiger partial charge in [0.1, 0.15) is 10.7 Å². The average Bonchev–Trinajstić information content (AvgIpc) is 2.94. The molecule has 0 atom stereocenters. The maximum atomic E-state index is 12.0. The Morgan fingerprint density at radius 3 is 2.27 bits per heavy atom. The van der Waals surface area contributed by atoms with Crippen molar-refractivity contribution in [1.29, 1.82) is 0 Å². The second-order valence-electron chi connectivity index (χ2n) is 4.26. The Morgan fingerprint density at radius 1 is 1.14 bits per heavy atom. The van der Waals surface area contributed by atoms with E-state index in [-0.39, 0.29) is 5.69 Å². The van der Waals surface area contributed by atoms with Crippen LogP contribution in [0.25, 0.3) is 10.6 Å². The lowest BCUT2D eigenvalue weighted by Crippen LogP contribution is -2.52. The standard InChI is InChI=1S/C13H11ClN4O3S/c14-7-3-1-6(2-4-7)13-17-8(5-22-13)12(21)18-9(10(15)19)11(16)20/h1-5,9H,(H2,15,19)(H2,16,20)(H,18,21). The van der Waals surface area contributed by atoms with Crippen LogP contribution in [0.3, 0.4) is 0 Å². The Bertz CT molecular complexity index is 715. The summed E-state index contributed by atoms with van der Waals surface area (Å²) in [5, 5.41) is 4.82. The minimum Gasteiger partial charge on any atom is -0.367 e. The van der Waals surface area contributed by atoms with Gasteiger partial charge in [0.15, 0.2) is 6.04 Å². The first-order valence-corrected chi connectivity index (χ1v) is 7.25. The molecule has 114 valence electrons. The summed E-state index contributed by atoms with van der Waals surface area (Å²) < 4.78 is 0.